The second-order valence-electron chi connectivity index (χ2n) is 3.93. The molecular weight excluding hydrogens is 226 g/mol. The van der Waals surface area contributed by atoms with E-state index in [1.807, 2.05) is 17.8 Å². The summed E-state index contributed by atoms with van der Waals surface area (Å²) in [6.45, 7) is 0. The maximum Gasteiger partial charge on any atom is 0.0604 e. The Morgan fingerprint density at radius 3 is 2.12 bits per heavy atom. The van der Waals surface area contributed by atoms with Crippen molar-refractivity contribution in [3.63, 3.8) is 0 Å². The molecule has 0 aliphatic rings. The fourth-order valence-corrected chi connectivity index (χ4v) is 2.42. The molecule has 2 rings (SSSR count). The first kappa shape index (κ1) is 12.1. The molecule has 0 aliphatic heterocycles. The summed E-state index contributed by atoms with van der Waals surface area (Å²) >= 11 is 1.86. The van der Waals surface area contributed by atoms with Crippen LogP contribution in [-0.2, 0) is 0 Å². The van der Waals surface area contributed by atoms with Gasteiger partial charge in [-0.3, -0.25) is 0 Å². The van der Waals surface area contributed by atoms with Crippen molar-refractivity contribution in [1.29, 1.82) is 0 Å². The molecular formula is C15H17NS. The van der Waals surface area contributed by atoms with Crippen LogP contribution >= 0.6 is 11.8 Å². The number of nitrogens with one attached hydrogen (secondary N) is 1. The summed E-state index contributed by atoms with van der Waals surface area (Å²) in [7, 11) is 0. The molecule has 17 heavy (non-hydrogen) atoms. The van der Waals surface area contributed by atoms with Crippen molar-refractivity contribution in [2.45, 2.75) is 6.04 Å². The number of benzene rings is 2. The second kappa shape index (κ2) is 6.36. The summed E-state index contributed by atoms with van der Waals surface area (Å²) in [5.74, 6) is 1.07. The molecule has 0 aliphatic carbocycles. The van der Waals surface area contributed by atoms with Crippen molar-refractivity contribution in [3.05, 3.63) is 66.2 Å². The molecule has 0 radical (unpaired) electrons. The minimum Gasteiger partial charge on any atom is -0.377 e. The molecule has 2 aromatic carbocycles. The Labute approximate surface area is 107 Å². The van der Waals surface area contributed by atoms with Crippen LogP contribution in [-0.4, -0.2) is 12.0 Å². The third-order valence-electron chi connectivity index (χ3n) is 2.65. The van der Waals surface area contributed by atoms with Crippen LogP contribution < -0.4 is 5.32 Å². The second-order valence-corrected chi connectivity index (χ2v) is 4.84. The molecule has 0 heterocycles. The Hall–Kier alpha value is -1.41. The predicted molar refractivity (Wildman–Crippen MR) is 77.6 cm³/mol. The van der Waals surface area contributed by atoms with E-state index < -0.39 is 0 Å². The summed E-state index contributed by atoms with van der Waals surface area (Å²) in [6, 6.07) is 21.3. The average molecular weight is 243 g/mol. The number of thioether (sulfide) groups is 1. The zero-order chi connectivity index (χ0) is 11.9. The number of anilines is 1. The van der Waals surface area contributed by atoms with Gasteiger partial charge in [0.2, 0.25) is 0 Å². The van der Waals surface area contributed by atoms with Gasteiger partial charge in [0.05, 0.1) is 6.04 Å². The van der Waals surface area contributed by atoms with E-state index in [4.69, 9.17) is 0 Å². The van der Waals surface area contributed by atoms with Crippen LogP contribution in [0, 0.1) is 0 Å². The lowest BCUT2D eigenvalue weighted by atomic mass is 10.1. The molecule has 1 unspecified atom stereocenters. The molecule has 0 bridgehead atoms. The molecule has 1 N–H and O–H groups in total. The van der Waals surface area contributed by atoms with E-state index in [-0.39, 0.29) is 0 Å². The van der Waals surface area contributed by atoms with E-state index in [0.717, 1.165) is 5.75 Å². The minimum absolute atomic E-state index is 0.369. The smallest absolute Gasteiger partial charge is 0.0604 e. The predicted octanol–water partition coefficient (Wildman–Crippen LogP) is 4.20. The Bertz CT molecular complexity index is 427. The van der Waals surface area contributed by atoms with Gasteiger partial charge >= 0.3 is 0 Å². The maximum atomic E-state index is 3.58. The summed E-state index contributed by atoms with van der Waals surface area (Å²) in [5, 5.41) is 3.58. The van der Waals surface area contributed by atoms with Crippen molar-refractivity contribution in [1.82, 2.24) is 0 Å². The van der Waals surface area contributed by atoms with Gasteiger partial charge in [0, 0.05) is 11.4 Å². The van der Waals surface area contributed by atoms with Gasteiger partial charge in [0.15, 0.2) is 0 Å². The summed E-state index contributed by atoms with van der Waals surface area (Å²) in [6.07, 6.45) is 2.14. The fourth-order valence-electron chi connectivity index (χ4n) is 1.81. The van der Waals surface area contributed by atoms with Crippen LogP contribution in [0.25, 0.3) is 0 Å². The highest BCUT2D eigenvalue weighted by atomic mass is 32.2. The quantitative estimate of drug-likeness (QED) is 0.844. The van der Waals surface area contributed by atoms with E-state index in [2.05, 4.69) is 66.2 Å². The standard InChI is InChI=1S/C15H17NS/c1-17-12-15(13-8-4-2-5-9-13)16-14-10-6-3-7-11-14/h2-11,15-16H,12H2,1H3. The van der Waals surface area contributed by atoms with Gasteiger partial charge < -0.3 is 5.32 Å². The van der Waals surface area contributed by atoms with Crippen LogP contribution in [0.2, 0.25) is 0 Å². The highest BCUT2D eigenvalue weighted by Crippen LogP contribution is 2.22. The van der Waals surface area contributed by atoms with Crippen molar-refractivity contribution < 1.29 is 0 Å². The average Bonchev–Trinajstić information content (AvgIpc) is 2.40. The summed E-state index contributed by atoms with van der Waals surface area (Å²) < 4.78 is 0. The molecule has 0 amide bonds. The van der Waals surface area contributed by atoms with Gasteiger partial charge in [-0.25, -0.2) is 0 Å². The molecule has 0 spiro atoms. The first-order chi connectivity index (χ1) is 8.40. The maximum absolute atomic E-state index is 3.58. The van der Waals surface area contributed by atoms with Crippen LogP contribution in [0.4, 0.5) is 5.69 Å². The zero-order valence-corrected chi connectivity index (χ0v) is 10.8. The third-order valence-corrected chi connectivity index (χ3v) is 3.32. The van der Waals surface area contributed by atoms with Crippen LogP contribution in [0.5, 0.6) is 0 Å². The third kappa shape index (κ3) is 3.53. The lowest BCUT2D eigenvalue weighted by molar-refractivity contribution is 0.900. The van der Waals surface area contributed by atoms with Gasteiger partial charge in [-0.15, -0.1) is 0 Å². The van der Waals surface area contributed by atoms with Crippen molar-refractivity contribution in [2.24, 2.45) is 0 Å². The molecule has 0 fully saturated rings. The number of hydrogen-bond donors (Lipinski definition) is 1. The SMILES string of the molecule is CSCC(Nc1ccccc1)c1ccccc1. The topological polar surface area (TPSA) is 12.0 Å². The molecule has 0 saturated heterocycles. The van der Waals surface area contributed by atoms with Gasteiger partial charge in [-0.1, -0.05) is 48.5 Å². The summed E-state index contributed by atoms with van der Waals surface area (Å²) in [5.41, 5.74) is 2.51. The van der Waals surface area contributed by atoms with Crippen molar-refractivity contribution in [2.75, 3.05) is 17.3 Å². The number of para-hydroxylation sites is 1. The molecule has 0 aromatic heterocycles. The van der Waals surface area contributed by atoms with E-state index in [1.165, 1.54) is 11.3 Å². The number of hydrogen-bond acceptors (Lipinski definition) is 2. The minimum atomic E-state index is 0.369. The normalized spacial score (nSPS) is 12.1. The van der Waals surface area contributed by atoms with E-state index in [1.54, 1.807) is 0 Å². The molecule has 1 nitrogen and oxygen atoms in total. The Morgan fingerprint density at radius 1 is 0.941 bits per heavy atom. The van der Waals surface area contributed by atoms with Gasteiger partial charge in [-0.2, -0.15) is 11.8 Å². The monoisotopic (exact) mass is 243 g/mol. The lowest BCUT2D eigenvalue weighted by Gasteiger charge is -2.19. The molecule has 0 saturated carbocycles. The lowest BCUT2D eigenvalue weighted by Crippen LogP contribution is -2.13. The Morgan fingerprint density at radius 2 is 1.53 bits per heavy atom. The highest BCUT2D eigenvalue weighted by Gasteiger charge is 2.09. The van der Waals surface area contributed by atoms with Crippen LogP contribution in [0.1, 0.15) is 11.6 Å². The largest absolute Gasteiger partial charge is 0.377 e. The first-order valence-corrected chi connectivity index (χ1v) is 7.15. The van der Waals surface area contributed by atoms with E-state index >= 15 is 0 Å². The van der Waals surface area contributed by atoms with Crippen LogP contribution in [0.15, 0.2) is 60.7 Å². The molecule has 2 heteroatoms. The molecule has 2 aromatic rings. The Kier molecular flexibility index (Phi) is 4.51. The van der Waals surface area contributed by atoms with Gasteiger partial charge in [-0.05, 0) is 24.0 Å². The molecule has 1 atom stereocenters. The van der Waals surface area contributed by atoms with E-state index in [0.29, 0.717) is 6.04 Å². The van der Waals surface area contributed by atoms with E-state index in [9.17, 15) is 0 Å². The zero-order valence-electron chi connectivity index (χ0n) is 9.97. The van der Waals surface area contributed by atoms with Crippen molar-refractivity contribution in [3.8, 4) is 0 Å². The summed E-state index contributed by atoms with van der Waals surface area (Å²) in [4.78, 5) is 0. The van der Waals surface area contributed by atoms with Crippen molar-refractivity contribution >= 4 is 17.4 Å². The molecule has 88 valence electrons. The van der Waals surface area contributed by atoms with Gasteiger partial charge in [0.1, 0.15) is 0 Å². The first-order valence-electron chi connectivity index (χ1n) is 5.75. The van der Waals surface area contributed by atoms with Gasteiger partial charge in [0.25, 0.3) is 0 Å². The van der Waals surface area contributed by atoms with Crippen LogP contribution in [0.3, 0.4) is 0 Å². The Balaban J connectivity index is 2.13. The highest BCUT2D eigenvalue weighted by molar-refractivity contribution is 7.98. The fraction of sp³-hybridized carbons (Fsp3) is 0.200. The number of rotatable bonds is 5.